The lowest BCUT2D eigenvalue weighted by molar-refractivity contribution is -0.149. The Bertz CT molecular complexity index is 665. The van der Waals surface area contributed by atoms with Gasteiger partial charge in [-0.05, 0) is 37.3 Å². The van der Waals surface area contributed by atoms with Crippen LogP contribution in [0, 0.1) is 11.8 Å². The molecule has 1 aromatic rings. The number of carbonyl (C=O) groups excluding carboxylic acids is 2. The lowest BCUT2D eigenvalue weighted by Gasteiger charge is -2.35. The van der Waals surface area contributed by atoms with E-state index in [1.807, 2.05) is 0 Å². The molecule has 1 aliphatic carbocycles. The molecule has 1 aromatic heterocycles. The van der Waals surface area contributed by atoms with Gasteiger partial charge in [-0.25, -0.2) is 4.39 Å². The number of nitrogens with zero attached hydrogens (tertiary/aromatic N) is 2. The van der Waals surface area contributed by atoms with Crippen LogP contribution in [-0.2, 0) is 14.3 Å². The molecular weight excluding hydrogens is 325 g/mol. The fourth-order valence-electron chi connectivity index (χ4n) is 4.05. The van der Waals surface area contributed by atoms with Gasteiger partial charge in [-0.2, -0.15) is 0 Å². The Morgan fingerprint density at radius 3 is 2.92 bits per heavy atom. The maximum atomic E-state index is 14.4. The monoisotopic (exact) mass is 347 g/mol. The van der Waals surface area contributed by atoms with Crippen LogP contribution in [0.15, 0.2) is 24.5 Å². The van der Waals surface area contributed by atoms with Crippen LogP contribution in [0.4, 0.5) is 10.1 Å². The molecule has 25 heavy (non-hydrogen) atoms. The Morgan fingerprint density at radius 2 is 2.24 bits per heavy atom. The lowest BCUT2D eigenvalue weighted by Crippen LogP contribution is -2.50. The standard InChI is InChI=1S/C18H22FN3O3/c19-18(4-2-5-18)17(24)22-9-14-12(11-25-15(14)10-22)7-16(23)21-13-3-1-6-20-8-13/h1,3,6,8,12,14-15H,2,4-5,7,9-11H2,(H,21,23)/t12-,14+,15+/m0/s1. The largest absolute Gasteiger partial charge is 0.376 e. The molecule has 3 fully saturated rings. The molecule has 0 radical (unpaired) electrons. The zero-order chi connectivity index (χ0) is 17.4. The van der Waals surface area contributed by atoms with E-state index in [0.29, 0.717) is 44.6 Å². The van der Waals surface area contributed by atoms with Gasteiger partial charge in [0.15, 0.2) is 5.67 Å². The third-order valence-corrected chi connectivity index (χ3v) is 5.65. The second-order valence-corrected chi connectivity index (χ2v) is 7.32. The first-order valence-electron chi connectivity index (χ1n) is 8.85. The van der Waals surface area contributed by atoms with Gasteiger partial charge < -0.3 is 15.0 Å². The van der Waals surface area contributed by atoms with E-state index in [1.54, 1.807) is 29.4 Å². The summed E-state index contributed by atoms with van der Waals surface area (Å²) in [4.78, 5) is 30.2. The Labute approximate surface area is 145 Å². The summed E-state index contributed by atoms with van der Waals surface area (Å²) < 4.78 is 20.2. The molecule has 3 heterocycles. The zero-order valence-electron chi connectivity index (χ0n) is 14.0. The fourth-order valence-corrected chi connectivity index (χ4v) is 4.05. The first kappa shape index (κ1) is 16.4. The molecule has 4 rings (SSSR count). The van der Waals surface area contributed by atoms with E-state index in [0.717, 1.165) is 6.42 Å². The summed E-state index contributed by atoms with van der Waals surface area (Å²) in [5.41, 5.74) is -0.998. The number of hydrogen-bond donors (Lipinski definition) is 1. The maximum absolute atomic E-state index is 14.4. The number of likely N-dealkylation sites (tertiary alicyclic amines) is 1. The van der Waals surface area contributed by atoms with Crippen LogP contribution in [0.3, 0.4) is 0 Å². The number of alkyl halides is 1. The van der Waals surface area contributed by atoms with Crippen molar-refractivity contribution in [3.63, 3.8) is 0 Å². The van der Waals surface area contributed by atoms with Crippen molar-refractivity contribution in [3.05, 3.63) is 24.5 Å². The second-order valence-electron chi connectivity index (χ2n) is 7.32. The molecule has 0 unspecified atom stereocenters. The number of rotatable bonds is 4. The van der Waals surface area contributed by atoms with Gasteiger partial charge in [-0.1, -0.05) is 0 Å². The van der Waals surface area contributed by atoms with Gasteiger partial charge in [0.2, 0.25) is 5.91 Å². The van der Waals surface area contributed by atoms with Gasteiger partial charge in [0.25, 0.3) is 5.91 Å². The number of carbonyl (C=O) groups is 2. The van der Waals surface area contributed by atoms with E-state index in [2.05, 4.69) is 10.3 Å². The minimum Gasteiger partial charge on any atom is -0.376 e. The SMILES string of the molecule is O=C(C[C@H]1CO[C@@H]2CN(C(=O)C3(F)CCC3)C[C@H]12)Nc1cccnc1. The molecule has 6 nitrogen and oxygen atoms in total. The summed E-state index contributed by atoms with van der Waals surface area (Å²) in [6.45, 7) is 1.44. The molecule has 0 bridgehead atoms. The summed E-state index contributed by atoms with van der Waals surface area (Å²) >= 11 is 0. The van der Waals surface area contributed by atoms with Crippen LogP contribution in [-0.4, -0.2) is 53.2 Å². The average molecular weight is 347 g/mol. The van der Waals surface area contributed by atoms with E-state index >= 15 is 0 Å². The number of pyridine rings is 1. The fraction of sp³-hybridized carbons (Fsp3) is 0.611. The highest BCUT2D eigenvalue weighted by atomic mass is 19.1. The van der Waals surface area contributed by atoms with E-state index < -0.39 is 11.6 Å². The topological polar surface area (TPSA) is 71.5 Å². The maximum Gasteiger partial charge on any atom is 0.260 e. The highest BCUT2D eigenvalue weighted by Crippen LogP contribution is 2.41. The Kier molecular flexibility index (Phi) is 4.19. The third-order valence-electron chi connectivity index (χ3n) is 5.65. The number of hydrogen-bond acceptors (Lipinski definition) is 4. The molecule has 134 valence electrons. The van der Waals surface area contributed by atoms with Gasteiger partial charge in [-0.3, -0.25) is 14.6 Å². The minimum atomic E-state index is -1.66. The number of nitrogens with one attached hydrogen (secondary N) is 1. The lowest BCUT2D eigenvalue weighted by atomic mass is 9.81. The van der Waals surface area contributed by atoms with Crippen LogP contribution in [0.2, 0.25) is 0 Å². The van der Waals surface area contributed by atoms with Crippen molar-refractivity contribution < 1.29 is 18.7 Å². The molecule has 2 saturated heterocycles. The molecule has 2 amide bonds. The van der Waals surface area contributed by atoms with E-state index in [-0.39, 0.29) is 23.8 Å². The van der Waals surface area contributed by atoms with Crippen LogP contribution in [0.25, 0.3) is 0 Å². The highest BCUT2D eigenvalue weighted by molar-refractivity contribution is 5.90. The summed E-state index contributed by atoms with van der Waals surface area (Å²) in [6.07, 6.45) is 4.93. The van der Waals surface area contributed by atoms with Crippen LogP contribution in [0.1, 0.15) is 25.7 Å². The van der Waals surface area contributed by atoms with Crippen molar-refractivity contribution in [3.8, 4) is 0 Å². The molecule has 3 atom stereocenters. The molecular formula is C18H22FN3O3. The van der Waals surface area contributed by atoms with Gasteiger partial charge in [0, 0.05) is 31.6 Å². The smallest absolute Gasteiger partial charge is 0.260 e. The molecule has 7 heteroatoms. The normalized spacial score (nSPS) is 29.8. The van der Waals surface area contributed by atoms with Crippen molar-refractivity contribution in [1.82, 2.24) is 9.88 Å². The summed E-state index contributed by atoms with van der Waals surface area (Å²) in [5, 5.41) is 2.83. The quantitative estimate of drug-likeness (QED) is 0.901. The number of aromatic nitrogens is 1. The molecule has 0 aromatic carbocycles. The van der Waals surface area contributed by atoms with Crippen LogP contribution < -0.4 is 5.32 Å². The molecule has 1 N–H and O–H groups in total. The predicted molar refractivity (Wildman–Crippen MR) is 88.5 cm³/mol. The zero-order valence-corrected chi connectivity index (χ0v) is 14.0. The van der Waals surface area contributed by atoms with E-state index in [9.17, 15) is 14.0 Å². The first-order valence-corrected chi connectivity index (χ1v) is 8.85. The third kappa shape index (κ3) is 3.13. The Balaban J connectivity index is 1.34. The molecule has 2 aliphatic heterocycles. The van der Waals surface area contributed by atoms with Crippen molar-refractivity contribution in [2.24, 2.45) is 11.8 Å². The van der Waals surface area contributed by atoms with Gasteiger partial charge in [0.05, 0.1) is 24.6 Å². The predicted octanol–water partition coefficient (Wildman–Crippen LogP) is 1.78. The summed E-state index contributed by atoms with van der Waals surface area (Å²) in [7, 11) is 0. The van der Waals surface area contributed by atoms with Crippen molar-refractivity contribution in [1.29, 1.82) is 0 Å². The van der Waals surface area contributed by atoms with Crippen molar-refractivity contribution in [2.45, 2.75) is 37.5 Å². The molecule has 0 spiro atoms. The second kappa shape index (κ2) is 6.37. The number of fused-ring (bicyclic) bond motifs is 1. The van der Waals surface area contributed by atoms with E-state index in [1.165, 1.54) is 0 Å². The minimum absolute atomic E-state index is 0.0522. The van der Waals surface area contributed by atoms with Crippen molar-refractivity contribution >= 4 is 17.5 Å². The first-order chi connectivity index (χ1) is 12.0. The Morgan fingerprint density at radius 1 is 1.40 bits per heavy atom. The summed E-state index contributed by atoms with van der Waals surface area (Å²) in [5.74, 6) is -0.327. The molecule has 1 saturated carbocycles. The highest BCUT2D eigenvalue weighted by Gasteiger charge is 2.52. The van der Waals surface area contributed by atoms with Crippen molar-refractivity contribution in [2.75, 3.05) is 25.0 Å². The van der Waals surface area contributed by atoms with Gasteiger partial charge >= 0.3 is 0 Å². The number of anilines is 1. The number of ether oxygens (including phenoxy) is 1. The molecule has 3 aliphatic rings. The average Bonchev–Trinajstić information content (AvgIpc) is 3.15. The Hall–Kier alpha value is -2.02. The number of halogens is 1. The van der Waals surface area contributed by atoms with E-state index in [4.69, 9.17) is 4.74 Å². The summed E-state index contributed by atoms with van der Waals surface area (Å²) in [6, 6.07) is 3.55. The van der Waals surface area contributed by atoms with Gasteiger partial charge in [0.1, 0.15) is 0 Å². The van der Waals surface area contributed by atoms with Crippen LogP contribution in [0.5, 0.6) is 0 Å². The van der Waals surface area contributed by atoms with Gasteiger partial charge in [-0.15, -0.1) is 0 Å². The van der Waals surface area contributed by atoms with Crippen LogP contribution >= 0.6 is 0 Å². The number of amides is 2.